The number of carbonyl (C=O) groups is 1. The zero-order chi connectivity index (χ0) is 8.69. The Morgan fingerprint density at radius 2 is 2.09 bits per heavy atom. The van der Waals surface area contributed by atoms with Crippen LogP contribution in [0.4, 0.5) is 4.79 Å². The van der Waals surface area contributed by atoms with Crippen molar-refractivity contribution in [1.82, 2.24) is 5.32 Å². The van der Waals surface area contributed by atoms with Crippen LogP contribution in [0, 0.1) is 0 Å². The van der Waals surface area contributed by atoms with Crippen molar-refractivity contribution >= 4 is 6.03 Å². The predicted molar refractivity (Wildman–Crippen MR) is 40.0 cm³/mol. The van der Waals surface area contributed by atoms with Crippen LogP contribution in [0.25, 0.3) is 0 Å². The Balaban J connectivity index is 3.28. The first-order valence-corrected chi connectivity index (χ1v) is 3.29. The van der Waals surface area contributed by atoms with Crippen LogP contribution >= 0.6 is 0 Å². The number of nitrogens with two attached hydrogens (primary N) is 1. The van der Waals surface area contributed by atoms with Crippen molar-refractivity contribution in [3.8, 4) is 0 Å². The van der Waals surface area contributed by atoms with Crippen molar-refractivity contribution in [2.45, 2.75) is 12.7 Å². The van der Waals surface area contributed by atoms with Gasteiger partial charge in [-0.05, 0) is 0 Å². The first kappa shape index (κ1) is 10.2. The molecule has 0 radical (unpaired) electrons. The minimum absolute atomic E-state index is 0.276. The Morgan fingerprint density at radius 1 is 1.55 bits per heavy atom. The number of nitrogens with one attached hydrogen (secondary N) is 1. The fourth-order valence-corrected chi connectivity index (χ4v) is 0.645. The summed E-state index contributed by atoms with van der Waals surface area (Å²) in [4.78, 5) is 10.2. The fourth-order valence-electron chi connectivity index (χ4n) is 0.645. The van der Waals surface area contributed by atoms with Gasteiger partial charge in [0, 0.05) is 27.2 Å². The fraction of sp³-hybridized carbons (Fsp3) is 0.833. The summed E-state index contributed by atoms with van der Waals surface area (Å²) < 4.78 is 9.73. The van der Waals surface area contributed by atoms with Gasteiger partial charge in [0.1, 0.15) is 0 Å². The van der Waals surface area contributed by atoms with Gasteiger partial charge < -0.3 is 20.5 Å². The normalized spacial score (nSPS) is 10.1. The highest BCUT2D eigenvalue weighted by molar-refractivity contribution is 5.71. The van der Waals surface area contributed by atoms with E-state index in [9.17, 15) is 4.79 Å². The van der Waals surface area contributed by atoms with E-state index >= 15 is 0 Å². The van der Waals surface area contributed by atoms with Crippen LogP contribution in [0.15, 0.2) is 0 Å². The average Bonchev–Trinajstić information content (AvgIpc) is 1.98. The van der Waals surface area contributed by atoms with Crippen LogP contribution in [-0.2, 0) is 9.47 Å². The molecule has 0 bridgehead atoms. The van der Waals surface area contributed by atoms with Crippen LogP contribution in [0.3, 0.4) is 0 Å². The Bertz CT molecular complexity index is 114. The summed E-state index contributed by atoms with van der Waals surface area (Å²) in [6.45, 7) is 0.460. The smallest absolute Gasteiger partial charge is 0.312 e. The van der Waals surface area contributed by atoms with Gasteiger partial charge in [0.15, 0.2) is 6.29 Å². The molecular formula is C6H14N2O3. The second-order valence-electron chi connectivity index (χ2n) is 1.98. The van der Waals surface area contributed by atoms with E-state index in [0.29, 0.717) is 13.0 Å². The molecule has 0 unspecified atom stereocenters. The van der Waals surface area contributed by atoms with Crippen LogP contribution in [0.2, 0.25) is 0 Å². The van der Waals surface area contributed by atoms with E-state index in [1.54, 1.807) is 14.2 Å². The summed E-state index contributed by atoms with van der Waals surface area (Å²) in [6, 6.07) is -0.532. The molecule has 0 saturated heterocycles. The summed E-state index contributed by atoms with van der Waals surface area (Å²) in [5, 5.41) is 2.42. The van der Waals surface area contributed by atoms with E-state index in [4.69, 9.17) is 15.2 Å². The molecule has 0 heterocycles. The molecule has 0 aliphatic rings. The van der Waals surface area contributed by atoms with Gasteiger partial charge in [-0.25, -0.2) is 4.79 Å². The van der Waals surface area contributed by atoms with Crippen molar-refractivity contribution in [2.24, 2.45) is 5.73 Å². The van der Waals surface area contributed by atoms with E-state index in [-0.39, 0.29) is 6.29 Å². The van der Waals surface area contributed by atoms with E-state index in [2.05, 4.69) is 5.32 Å². The molecule has 2 amide bonds. The molecule has 0 aliphatic heterocycles. The second kappa shape index (κ2) is 5.94. The lowest BCUT2D eigenvalue weighted by atomic mass is 10.4. The lowest BCUT2D eigenvalue weighted by Crippen LogP contribution is -2.32. The van der Waals surface area contributed by atoms with Gasteiger partial charge in [0.2, 0.25) is 0 Å². The lowest BCUT2D eigenvalue weighted by Gasteiger charge is -2.12. The van der Waals surface area contributed by atoms with Gasteiger partial charge in [-0.1, -0.05) is 0 Å². The number of methoxy groups -OCH3 is 2. The first-order valence-electron chi connectivity index (χ1n) is 3.29. The van der Waals surface area contributed by atoms with Crippen LogP contribution in [-0.4, -0.2) is 33.1 Å². The molecule has 0 aliphatic carbocycles. The van der Waals surface area contributed by atoms with Gasteiger partial charge in [0.05, 0.1) is 0 Å². The molecule has 66 valence electrons. The molecule has 0 aromatic carbocycles. The van der Waals surface area contributed by atoms with Gasteiger partial charge in [-0.3, -0.25) is 0 Å². The number of primary amides is 1. The van der Waals surface area contributed by atoms with Gasteiger partial charge in [-0.15, -0.1) is 0 Å². The second-order valence-corrected chi connectivity index (χ2v) is 1.98. The molecule has 0 rings (SSSR count). The molecule has 0 aromatic rings. The Hall–Kier alpha value is -0.810. The van der Waals surface area contributed by atoms with E-state index in [0.717, 1.165) is 0 Å². The van der Waals surface area contributed by atoms with Crippen molar-refractivity contribution in [2.75, 3.05) is 20.8 Å². The number of carbonyl (C=O) groups excluding carboxylic acids is 1. The quantitative estimate of drug-likeness (QED) is 0.543. The van der Waals surface area contributed by atoms with Crippen LogP contribution in [0.5, 0.6) is 0 Å². The van der Waals surface area contributed by atoms with Crippen molar-refractivity contribution in [3.63, 3.8) is 0 Å². The summed E-state index contributed by atoms with van der Waals surface area (Å²) in [6.07, 6.45) is 0.317. The molecule has 5 heteroatoms. The minimum atomic E-state index is -0.532. The molecule has 0 atom stereocenters. The Kier molecular flexibility index (Phi) is 5.50. The van der Waals surface area contributed by atoms with Crippen LogP contribution < -0.4 is 11.1 Å². The highest BCUT2D eigenvalue weighted by Gasteiger charge is 2.03. The maximum atomic E-state index is 10.2. The molecule has 0 aromatic heterocycles. The number of rotatable bonds is 5. The summed E-state index contributed by atoms with van der Waals surface area (Å²) >= 11 is 0. The largest absolute Gasteiger partial charge is 0.356 e. The lowest BCUT2D eigenvalue weighted by molar-refractivity contribution is -0.105. The molecule has 0 saturated carbocycles. The Morgan fingerprint density at radius 3 is 2.45 bits per heavy atom. The number of hydrogen-bond donors (Lipinski definition) is 2. The summed E-state index contributed by atoms with van der Waals surface area (Å²) in [7, 11) is 3.08. The molecular weight excluding hydrogens is 148 g/mol. The zero-order valence-electron chi connectivity index (χ0n) is 6.79. The topological polar surface area (TPSA) is 73.6 Å². The molecule has 11 heavy (non-hydrogen) atoms. The van der Waals surface area contributed by atoms with Crippen molar-refractivity contribution in [3.05, 3.63) is 0 Å². The monoisotopic (exact) mass is 162 g/mol. The van der Waals surface area contributed by atoms with E-state index in [1.165, 1.54) is 0 Å². The van der Waals surface area contributed by atoms with Gasteiger partial charge in [0.25, 0.3) is 0 Å². The number of amides is 2. The first-order chi connectivity index (χ1) is 5.20. The predicted octanol–water partition coefficient (Wildman–Crippen LogP) is -0.336. The highest BCUT2D eigenvalue weighted by atomic mass is 16.7. The maximum absolute atomic E-state index is 10.2. The Labute approximate surface area is 65.8 Å². The number of urea groups is 1. The highest BCUT2D eigenvalue weighted by Crippen LogP contribution is 1.94. The van der Waals surface area contributed by atoms with Crippen LogP contribution in [0.1, 0.15) is 6.42 Å². The minimum Gasteiger partial charge on any atom is -0.356 e. The van der Waals surface area contributed by atoms with E-state index < -0.39 is 6.03 Å². The maximum Gasteiger partial charge on any atom is 0.312 e. The summed E-state index contributed by atoms with van der Waals surface area (Å²) in [5.74, 6) is 0. The van der Waals surface area contributed by atoms with E-state index in [1.807, 2.05) is 0 Å². The molecule has 5 nitrogen and oxygen atoms in total. The van der Waals surface area contributed by atoms with Crippen molar-refractivity contribution < 1.29 is 14.3 Å². The SMILES string of the molecule is COC(CCNC(N)=O)OC. The average molecular weight is 162 g/mol. The molecule has 0 fully saturated rings. The third kappa shape index (κ3) is 5.63. The molecule has 3 N–H and O–H groups in total. The zero-order valence-corrected chi connectivity index (χ0v) is 6.79. The summed E-state index contributed by atoms with van der Waals surface area (Å²) in [5.41, 5.74) is 4.83. The van der Waals surface area contributed by atoms with Crippen molar-refractivity contribution in [1.29, 1.82) is 0 Å². The number of hydrogen-bond acceptors (Lipinski definition) is 3. The number of ether oxygens (including phenoxy) is 2. The van der Waals surface area contributed by atoms with Gasteiger partial charge >= 0.3 is 6.03 Å². The third-order valence-corrected chi connectivity index (χ3v) is 1.21. The molecule has 0 spiro atoms. The third-order valence-electron chi connectivity index (χ3n) is 1.21. The van der Waals surface area contributed by atoms with Gasteiger partial charge in [-0.2, -0.15) is 0 Å². The standard InChI is InChI=1S/C6H14N2O3/c1-10-5(11-2)3-4-8-6(7)9/h5H,3-4H2,1-2H3,(H3,7,8,9).